The van der Waals surface area contributed by atoms with Crippen LogP contribution in [0.1, 0.15) is 37.0 Å². The summed E-state index contributed by atoms with van der Waals surface area (Å²) in [4.78, 5) is 29.7. The Hall–Kier alpha value is -1.99. The van der Waals surface area contributed by atoms with Crippen molar-refractivity contribution in [2.24, 2.45) is 5.92 Å². The van der Waals surface area contributed by atoms with Gasteiger partial charge in [0, 0.05) is 55.8 Å². The Morgan fingerprint density at radius 3 is 2.14 bits per heavy atom. The van der Waals surface area contributed by atoms with Crippen LogP contribution in [-0.2, 0) is 4.79 Å². The van der Waals surface area contributed by atoms with Crippen LogP contribution < -0.4 is 14.8 Å². The second-order valence-electron chi connectivity index (χ2n) is 7.68. The molecule has 0 spiro atoms. The van der Waals surface area contributed by atoms with Gasteiger partial charge in [0.15, 0.2) is 0 Å². The molecule has 2 saturated heterocycles. The SMILES string of the molecule is COc1cc(OC)cc(C(=O)N2CCC(C(=O)N3CCNC(C)C3C)CC2)c1.Cl. The van der Waals surface area contributed by atoms with Crippen molar-refractivity contribution < 1.29 is 19.1 Å². The number of piperazine rings is 1. The molecule has 1 aromatic rings. The molecule has 1 aromatic carbocycles. The van der Waals surface area contributed by atoms with Gasteiger partial charge in [0.05, 0.1) is 14.2 Å². The highest BCUT2D eigenvalue weighted by Crippen LogP contribution is 2.26. The van der Waals surface area contributed by atoms with E-state index in [0.29, 0.717) is 49.0 Å². The van der Waals surface area contributed by atoms with Gasteiger partial charge in [-0.05, 0) is 38.8 Å². The molecule has 0 radical (unpaired) electrons. The van der Waals surface area contributed by atoms with Gasteiger partial charge in [-0.25, -0.2) is 0 Å². The first-order chi connectivity index (χ1) is 13.4. The molecule has 0 aromatic heterocycles. The lowest BCUT2D eigenvalue weighted by molar-refractivity contribution is -0.140. The van der Waals surface area contributed by atoms with Crippen molar-refractivity contribution in [1.29, 1.82) is 0 Å². The third kappa shape index (κ3) is 5.14. The predicted octanol–water partition coefficient (Wildman–Crippen LogP) is 2.19. The Morgan fingerprint density at radius 1 is 1.00 bits per heavy atom. The third-order valence-corrected chi connectivity index (χ3v) is 6.05. The Morgan fingerprint density at radius 2 is 1.59 bits per heavy atom. The maximum Gasteiger partial charge on any atom is 0.254 e. The molecular formula is C21H32ClN3O4. The maximum atomic E-state index is 13.0. The number of carbonyl (C=O) groups is 2. The molecule has 2 aliphatic heterocycles. The normalized spacial score (nSPS) is 22.6. The number of hydrogen-bond donors (Lipinski definition) is 1. The number of carbonyl (C=O) groups excluding carboxylic acids is 2. The van der Waals surface area contributed by atoms with E-state index in [0.717, 1.165) is 13.1 Å². The standard InChI is InChI=1S/C21H31N3O4.ClH/c1-14-15(2)24(10-7-22-14)21(26)16-5-8-23(9-6-16)20(25)17-11-18(27-3)13-19(12-17)28-4;/h11-16,22H,5-10H2,1-4H3;1H. The van der Waals surface area contributed by atoms with Gasteiger partial charge in [0.1, 0.15) is 11.5 Å². The zero-order chi connectivity index (χ0) is 20.3. The van der Waals surface area contributed by atoms with Crippen LogP contribution in [0.25, 0.3) is 0 Å². The van der Waals surface area contributed by atoms with Gasteiger partial charge in [-0.2, -0.15) is 0 Å². The minimum absolute atomic E-state index is 0. The van der Waals surface area contributed by atoms with E-state index >= 15 is 0 Å². The maximum absolute atomic E-state index is 13.0. The lowest BCUT2D eigenvalue weighted by atomic mass is 9.93. The molecule has 8 heteroatoms. The fraction of sp³-hybridized carbons (Fsp3) is 0.619. The number of rotatable bonds is 4. The van der Waals surface area contributed by atoms with Crippen LogP contribution in [0, 0.1) is 5.92 Å². The summed E-state index contributed by atoms with van der Waals surface area (Å²) >= 11 is 0. The van der Waals surface area contributed by atoms with Gasteiger partial charge in [0.25, 0.3) is 5.91 Å². The van der Waals surface area contributed by atoms with E-state index in [9.17, 15) is 9.59 Å². The zero-order valence-corrected chi connectivity index (χ0v) is 18.5. The van der Waals surface area contributed by atoms with E-state index in [-0.39, 0.29) is 36.2 Å². The number of methoxy groups -OCH3 is 2. The number of benzene rings is 1. The number of hydrogen-bond acceptors (Lipinski definition) is 5. The van der Waals surface area contributed by atoms with Crippen LogP contribution in [-0.4, -0.2) is 74.1 Å². The molecule has 2 heterocycles. The van der Waals surface area contributed by atoms with Crippen molar-refractivity contribution in [3.05, 3.63) is 23.8 Å². The molecule has 7 nitrogen and oxygen atoms in total. The largest absolute Gasteiger partial charge is 0.497 e. The Labute approximate surface area is 179 Å². The Bertz CT molecular complexity index is 700. The summed E-state index contributed by atoms with van der Waals surface area (Å²) in [5, 5.41) is 3.41. The van der Waals surface area contributed by atoms with Crippen molar-refractivity contribution in [1.82, 2.24) is 15.1 Å². The van der Waals surface area contributed by atoms with E-state index in [1.54, 1.807) is 32.4 Å². The number of nitrogens with one attached hydrogen (secondary N) is 1. The molecule has 1 N–H and O–H groups in total. The van der Waals surface area contributed by atoms with E-state index in [1.807, 2.05) is 9.80 Å². The van der Waals surface area contributed by atoms with Gasteiger partial charge in [-0.15, -0.1) is 12.4 Å². The number of ether oxygens (including phenoxy) is 2. The number of amides is 2. The molecule has 162 valence electrons. The van der Waals surface area contributed by atoms with Crippen molar-refractivity contribution in [2.45, 2.75) is 38.8 Å². The van der Waals surface area contributed by atoms with E-state index < -0.39 is 0 Å². The zero-order valence-electron chi connectivity index (χ0n) is 17.6. The van der Waals surface area contributed by atoms with E-state index in [1.165, 1.54) is 0 Å². The van der Waals surface area contributed by atoms with Crippen LogP contribution in [0.5, 0.6) is 11.5 Å². The van der Waals surface area contributed by atoms with Crippen molar-refractivity contribution in [3.63, 3.8) is 0 Å². The second-order valence-corrected chi connectivity index (χ2v) is 7.68. The summed E-state index contributed by atoms with van der Waals surface area (Å²) in [7, 11) is 3.14. The summed E-state index contributed by atoms with van der Waals surface area (Å²) in [6.45, 7) is 6.99. The van der Waals surface area contributed by atoms with Crippen LogP contribution in [0.3, 0.4) is 0 Å². The number of nitrogens with zero attached hydrogens (tertiary/aromatic N) is 2. The van der Waals surface area contributed by atoms with Crippen LogP contribution in [0.2, 0.25) is 0 Å². The van der Waals surface area contributed by atoms with Crippen LogP contribution in [0.15, 0.2) is 18.2 Å². The predicted molar refractivity (Wildman–Crippen MR) is 114 cm³/mol. The minimum Gasteiger partial charge on any atom is -0.497 e. The third-order valence-electron chi connectivity index (χ3n) is 6.05. The average molecular weight is 426 g/mol. The number of piperidine rings is 1. The van der Waals surface area contributed by atoms with Gasteiger partial charge >= 0.3 is 0 Å². The van der Waals surface area contributed by atoms with Crippen molar-refractivity contribution >= 4 is 24.2 Å². The molecule has 29 heavy (non-hydrogen) atoms. The number of halogens is 1. The first-order valence-electron chi connectivity index (χ1n) is 10.0. The monoisotopic (exact) mass is 425 g/mol. The summed E-state index contributed by atoms with van der Waals surface area (Å²) in [6.07, 6.45) is 1.41. The van der Waals surface area contributed by atoms with E-state index in [4.69, 9.17) is 9.47 Å². The fourth-order valence-corrected chi connectivity index (χ4v) is 4.05. The lowest BCUT2D eigenvalue weighted by Gasteiger charge is -2.41. The summed E-state index contributed by atoms with van der Waals surface area (Å²) in [5.74, 6) is 1.36. The van der Waals surface area contributed by atoms with Crippen LogP contribution >= 0.6 is 12.4 Å². The fourth-order valence-electron chi connectivity index (χ4n) is 4.05. The summed E-state index contributed by atoms with van der Waals surface area (Å²) in [6, 6.07) is 5.71. The topological polar surface area (TPSA) is 71.1 Å². The highest BCUT2D eigenvalue weighted by atomic mass is 35.5. The first-order valence-corrected chi connectivity index (χ1v) is 10.0. The molecule has 2 aliphatic rings. The molecule has 2 amide bonds. The highest BCUT2D eigenvalue weighted by Gasteiger charge is 2.35. The van der Waals surface area contributed by atoms with E-state index in [2.05, 4.69) is 19.2 Å². The highest BCUT2D eigenvalue weighted by molar-refractivity contribution is 5.95. The molecule has 0 bridgehead atoms. The van der Waals surface area contributed by atoms with Gasteiger partial charge in [-0.3, -0.25) is 9.59 Å². The summed E-state index contributed by atoms with van der Waals surface area (Å²) < 4.78 is 10.5. The molecule has 3 rings (SSSR count). The smallest absolute Gasteiger partial charge is 0.254 e. The molecular weight excluding hydrogens is 394 g/mol. The van der Waals surface area contributed by atoms with Crippen molar-refractivity contribution in [2.75, 3.05) is 40.4 Å². The molecule has 0 aliphatic carbocycles. The van der Waals surface area contributed by atoms with Gasteiger partial charge in [-0.1, -0.05) is 0 Å². The number of likely N-dealkylation sites (tertiary alicyclic amines) is 1. The summed E-state index contributed by atoms with van der Waals surface area (Å²) in [5.41, 5.74) is 0.547. The first kappa shape index (κ1) is 23.3. The molecule has 2 unspecified atom stereocenters. The average Bonchev–Trinajstić information content (AvgIpc) is 2.74. The van der Waals surface area contributed by atoms with Crippen molar-refractivity contribution in [3.8, 4) is 11.5 Å². The molecule has 2 fully saturated rings. The Kier molecular flexibility index (Phi) is 8.16. The van der Waals surface area contributed by atoms with Crippen LogP contribution in [0.4, 0.5) is 0 Å². The minimum atomic E-state index is -0.0488. The molecule has 0 saturated carbocycles. The van der Waals surface area contributed by atoms with Gasteiger partial charge in [0.2, 0.25) is 5.91 Å². The lowest BCUT2D eigenvalue weighted by Crippen LogP contribution is -2.59. The Balaban J connectivity index is 0.00000300. The second kappa shape index (κ2) is 10.2. The molecule has 2 atom stereocenters. The van der Waals surface area contributed by atoms with Gasteiger partial charge < -0.3 is 24.6 Å². The quantitative estimate of drug-likeness (QED) is 0.800.